The van der Waals surface area contributed by atoms with Gasteiger partial charge in [-0.2, -0.15) is 4.31 Å². The van der Waals surface area contributed by atoms with E-state index in [4.69, 9.17) is 9.29 Å². The van der Waals surface area contributed by atoms with Crippen molar-refractivity contribution >= 4 is 11.3 Å². The quantitative estimate of drug-likeness (QED) is 0.549. The number of rotatable bonds is 1. The number of ether oxygens (including phenoxy) is 1. The summed E-state index contributed by atoms with van der Waals surface area (Å²) in [6.45, 7) is 2.48. The molecule has 1 heterocycles. The van der Waals surface area contributed by atoms with Gasteiger partial charge in [0.25, 0.3) is 0 Å². The average molecular weight is 165 g/mol. The molecule has 0 spiro atoms. The zero-order valence-electron chi connectivity index (χ0n) is 5.65. The molecule has 5 heteroatoms. The summed E-state index contributed by atoms with van der Waals surface area (Å²) >= 11 is -1.81. The molecule has 1 N–H and O–H groups in total. The molecule has 0 aromatic carbocycles. The summed E-state index contributed by atoms with van der Waals surface area (Å²) in [5.41, 5.74) is 0. The van der Waals surface area contributed by atoms with Crippen LogP contribution in [0.4, 0.5) is 0 Å². The molecular formula is C5H11NO3S. The highest BCUT2D eigenvalue weighted by molar-refractivity contribution is 7.76. The van der Waals surface area contributed by atoms with Gasteiger partial charge >= 0.3 is 0 Å². The molecular weight excluding hydrogens is 154 g/mol. The van der Waals surface area contributed by atoms with E-state index < -0.39 is 11.3 Å². The van der Waals surface area contributed by atoms with E-state index in [0.29, 0.717) is 26.3 Å². The molecule has 1 rings (SSSR count). The fourth-order valence-electron chi connectivity index (χ4n) is 0.879. The summed E-state index contributed by atoms with van der Waals surface area (Å²) in [4.78, 5) is 0. The van der Waals surface area contributed by atoms with Crippen LogP contribution in [0.15, 0.2) is 0 Å². The van der Waals surface area contributed by atoms with E-state index in [0.717, 1.165) is 6.42 Å². The van der Waals surface area contributed by atoms with Crippen molar-refractivity contribution in [2.24, 2.45) is 0 Å². The van der Waals surface area contributed by atoms with Crippen LogP contribution in [0, 0.1) is 0 Å². The monoisotopic (exact) mass is 165 g/mol. The first-order valence-corrected chi connectivity index (χ1v) is 4.31. The molecule has 1 unspecified atom stereocenters. The normalized spacial score (nSPS) is 25.7. The molecule has 0 bridgehead atoms. The first-order chi connectivity index (χ1) is 4.80. The Kier molecular flexibility index (Phi) is 3.27. The molecule has 1 aliphatic rings. The lowest BCUT2D eigenvalue weighted by Gasteiger charge is -2.11. The summed E-state index contributed by atoms with van der Waals surface area (Å²) in [5.74, 6) is 0. The zero-order chi connectivity index (χ0) is 7.40. The summed E-state index contributed by atoms with van der Waals surface area (Å²) in [6.07, 6.45) is 0.840. The second-order valence-electron chi connectivity index (χ2n) is 2.13. The molecule has 0 aliphatic carbocycles. The fourth-order valence-corrected chi connectivity index (χ4v) is 1.40. The fraction of sp³-hybridized carbons (Fsp3) is 1.00. The molecule has 0 aromatic rings. The van der Waals surface area contributed by atoms with Gasteiger partial charge in [-0.25, -0.2) is 4.21 Å². The lowest BCUT2D eigenvalue weighted by molar-refractivity contribution is 0.148. The highest BCUT2D eigenvalue weighted by atomic mass is 32.2. The zero-order valence-corrected chi connectivity index (χ0v) is 6.47. The topological polar surface area (TPSA) is 49.8 Å². The lowest BCUT2D eigenvalue weighted by Crippen LogP contribution is -2.27. The van der Waals surface area contributed by atoms with Crippen molar-refractivity contribution in [1.82, 2.24) is 4.31 Å². The number of hydrogen-bond donors (Lipinski definition) is 1. The first kappa shape index (κ1) is 8.13. The minimum atomic E-state index is -1.81. The third-order valence-corrected chi connectivity index (χ3v) is 2.21. The van der Waals surface area contributed by atoms with Gasteiger partial charge in [0.1, 0.15) is 0 Å². The maximum Gasteiger partial charge on any atom is 0.234 e. The van der Waals surface area contributed by atoms with Crippen LogP contribution >= 0.6 is 0 Å². The second kappa shape index (κ2) is 4.02. The molecule has 0 saturated carbocycles. The van der Waals surface area contributed by atoms with Crippen molar-refractivity contribution in [1.29, 1.82) is 0 Å². The Morgan fingerprint density at radius 2 is 2.20 bits per heavy atom. The van der Waals surface area contributed by atoms with Crippen LogP contribution in [-0.2, 0) is 16.0 Å². The van der Waals surface area contributed by atoms with E-state index in [2.05, 4.69) is 0 Å². The molecule has 0 radical (unpaired) electrons. The van der Waals surface area contributed by atoms with Crippen LogP contribution in [0.2, 0.25) is 0 Å². The molecule has 1 aliphatic heterocycles. The van der Waals surface area contributed by atoms with Gasteiger partial charge in [0.2, 0.25) is 11.3 Å². The molecule has 60 valence electrons. The van der Waals surface area contributed by atoms with Crippen LogP contribution in [0.5, 0.6) is 0 Å². The Morgan fingerprint density at radius 1 is 1.40 bits per heavy atom. The van der Waals surface area contributed by atoms with Crippen molar-refractivity contribution < 1.29 is 13.5 Å². The molecule has 1 saturated heterocycles. The molecule has 10 heavy (non-hydrogen) atoms. The van der Waals surface area contributed by atoms with Crippen molar-refractivity contribution in [2.75, 3.05) is 26.3 Å². The standard InChI is InChI=1S/C5H11NO3S/c7-10(8)6-2-1-4-9-5-3-6/h1-5H2,(H,7,8). The van der Waals surface area contributed by atoms with E-state index in [1.165, 1.54) is 4.31 Å². The van der Waals surface area contributed by atoms with E-state index in [9.17, 15) is 4.21 Å². The minimum absolute atomic E-state index is 0.559. The minimum Gasteiger partial charge on any atom is -0.380 e. The van der Waals surface area contributed by atoms with E-state index >= 15 is 0 Å². The van der Waals surface area contributed by atoms with Gasteiger partial charge < -0.3 is 4.74 Å². The van der Waals surface area contributed by atoms with Crippen molar-refractivity contribution in [2.45, 2.75) is 6.42 Å². The third-order valence-electron chi connectivity index (χ3n) is 1.40. The van der Waals surface area contributed by atoms with Crippen LogP contribution < -0.4 is 0 Å². The van der Waals surface area contributed by atoms with E-state index in [1.54, 1.807) is 0 Å². The summed E-state index contributed by atoms with van der Waals surface area (Å²) in [5, 5.41) is 0. The Hall–Kier alpha value is 0.0300. The number of hydrogen-bond acceptors (Lipinski definition) is 2. The molecule has 1 atom stereocenters. The van der Waals surface area contributed by atoms with Gasteiger partial charge in [-0.3, -0.25) is 4.55 Å². The number of nitrogens with zero attached hydrogens (tertiary/aromatic N) is 1. The van der Waals surface area contributed by atoms with Gasteiger partial charge in [-0.1, -0.05) is 0 Å². The highest BCUT2D eigenvalue weighted by Crippen LogP contribution is 1.99. The van der Waals surface area contributed by atoms with Crippen molar-refractivity contribution in [3.8, 4) is 0 Å². The first-order valence-electron chi connectivity index (χ1n) is 3.24. The Labute approximate surface area is 62.6 Å². The van der Waals surface area contributed by atoms with Gasteiger partial charge in [-0.15, -0.1) is 0 Å². The molecule has 1 fully saturated rings. The Bertz CT molecular complexity index is 122. The average Bonchev–Trinajstić information content (AvgIpc) is 2.12. The predicted octanol–water partition coefficient (Wildman–Crippen LogP) is -0.155. The van der Waals surface area contributed by atoms with Gasteiger partial charge in [-0.05, 0) is 6.42 Å². The van der Waals surface area contributed by atoms with Crippen LogP contribution in [-0.4, -0.2) is 39.4 Å². The van der Waals surface area contributed by atoms with E-state index in [-0.39, 0.29) is 0 Å². The third kappa shape index (κ3) is 2.34. The van der Waals surface area contributed by atoms with Crippen molar-refractivity contribution in [3.63, 3.8) is 0 Å². The maximum atomic E-state index is 10.5. The second-order valence-corrected chi connectivity index (χ2v) is 3.10. The smallest absolute Gasteiger partial charge is 0.234 e. The Balaban J connectivity index is 2.35. The predicted molar refractivity (Wildman–Crippen MR) is 37.8 cm³/mol. The Morgan fingerprint density at radius 3 is 2.90 bits per heavy atom. The summed E-state index contributed by atoms with van der Waals surface area (Å²) < 4.78 is 25.7. The lowest BCUT2D eigenvalue weighted by atomic mass is 10.5. The van der Waals surface area contributed by atoms with E-state index in [1.807, 2.05) is 0 Å². The SMILES string of the molecule is O=S(O)N1CCCOCC1. The molecule has 0 amide bonds. The summed E-state index contributed by atoms with van der Waals surface area (Å²) in [7, 11) is 0. The van der Waals surface area contributed by atoms with Crippen molar-refractivity contribution in [3.05, 3.63) is 0 Å². The van der Waals surface area contributed by atoms with Crippen LogP contribution in [0.1, 0.15) is 6.42 Å². The van der Waals surface area contributed by atoms with Crippen LogP contribution in [0.3, 0.4) is 0 Å². The largest absolute Gasteiger partial charge is 0.380 e. The highest BCUT2D eigenvalue weighted by Gasteiger charge is 2.12. The molecule has 4 nitrogen and oxygen atoms in total. The van der Waals surface area contributed by atoms with Gasteiger partial charge in [0.15, 0.2) is 0 Å². The van der Waals surface area contributed by atoms with Gasteiger partial charge in [0.05, 0.1) is 6.61 Å². The van der Waals surface area contributed by atoms with Gasteiger partial charge in [0, 0.05) is 19.7 Å². The molecule has 0 aromatic heterocycles. The van der Waals surface area contributed by atoms with Crippen LogP contribution in [0.25, 0.3) is 0 Å². The maximum absolute atomic E-state index is 10.5. The summed E-state index contributed by atoms with van der Waals surface area (Å²) in [6, 6.07) is 0.